The van der Waals surface area contributed by atoms with E-state index in [1.54, 1.807) is 11.8 Å². The number of aromatic nitrogens is 3. The topological polar surface area (TPSA) is 51.8 Å². The van der Waals surface area contributed by atoms with Gasteiger partial charge in [0.05, 0.1) is 15.8 Å². The van der Waals surface area contributed by atoms with Crippen LogP contribution in [0.2, 0.25) is 0 Å². The van der Waals surface area contributed by atoms with Crippen LogP contribution in [0.15, 0.2) is 45.9 Å². The number of rotatable bonds is 3. The highest BCUT2D eigenvalue weighted by Crippen LogP contribution is 2.34. The molecule has 1 atom stereocenters. The summed E-state index contributed by atoms with van der Waals surface area (Å²) < 4.78 is 5.40. The zero-order valence-electron chi connectivity index (χ0n) is 13.2. The first kappa shape index (κ1) is 15.0. The Bertz CT molecular complexity index is 792. The highest BCUT2D eigenvalue weighted by Gasteiger charge is 2.23. The number of thioether (sulfide) groups is 1. The van der Waals surface area contributed by atoms with Crippen molar-refractivity contribution in [2.45, 2.75) is 43.4 Å². The molecule has 2 aromatic heterocycles. The van der Waals surface area contributed by atoms with E-state index in [4.69, 9.17) is 4.52 Å². The number of para-hydroxylation sites is 1. The zero-order valence-corrected chi connectivity index (χ0v) is 14.0. The maximum absolute atomic E-state index is 5.40. The molecule has 4 nitrogen and oxygen atoms in total. The van der Waals surface area contributed by atoms with Crippen molar-refractivity contribution in [1.82, 2.24) is 15.1 Å². The van der Waals surface area contributed by atoms with E-state index in [9.17, 15) is 0 Å². The van der Waals surface area contributed by atoms with E-state index in [1.165, 1.54) is 0 Å². The lowest BCUT2D eigenvalue weighted by Gasteiger charge is -2.11. The van der Waals surface area contributed by atoms with Crippen molar-refractivity contribution in [2.75, 3.05) is 0 Å². The van der Waals surface area contributed by atoms with Gasteiger partial charge in [0.2, 0.25) is 5.89 Å². The average Bonchev–Trinajstić information content (AvgIpc) is 2.97. The summed E-state index contributed by atoms with van der Waals surface area (Å²) in [6, 6.07) is 12.2. The Labute approximate surface area is 134 Å². The molecule has 1 unspecified atom stereocenters. The van der Waals surface area contributed by atoms with E-state index in [1.807, 2.05) is 24.3 Å². The van der Waals surface area contributed by atoms with Crippen LogP contribution >= 0.6 is 11.8 Å². The number of nitrogens with zero attached hydrogens (tertiary/aromatic N) is 3. The van der Waals surface area contributed by atoms with Gasteiger partial charge in [0.25, 0.3) is 0 Å². The molecule has 2 heterocycles. The fraction of sp³-hybridized carbons (Fsp3) is 0.353. The number of hydrogen-bond donors (Lipinski definition) is 0. The molecular weight excluding hydrogens is 294 g/mol. The largest absolute Gasteiger partial charge is 0.338 e. The summed E-state index contributed by atoms with van der Waals surface area (Å²) in [4.78, 5) is 9.18. The Kier molecular flexibility index (Phi) is 3.91. The summed E-state index contributed by atoms with van der Waals surface area (Å²) in [5.41, 5.74) is 0.897. The Morgan fingerprint density at radius 1 is 1.05 bits per heavy atom. The van der Waals surface area contributed by atoms with Crippen LogP contribution in [0.1, 0.15) is 44.7 Å². The summed E-state index contributed by atoms with van der Waals surface area (Å²) in [5.74, 6) is 1.38. The van der Waals surface area contributed by atoms with E-state index in [0.29, 0.717) is 5.89 Å². The van der Waals surface area contributed by atoms with Crippen molar-refractivity contribution in [3.8, 4) is 0 Å². The number of hydrogen-bond acceptors (Lipinski definition) is 5. The minimum atomic E-state index is -0.104. The average molecular weight is 313 g/mol. The third-order valence-corrected chi connectivity index (χ3v) is 4.35. The van der Waals surface area contributed by atoms with Gasteiger partial charge in [0, 0.05) is 10.8 Å². The minimum Gasteiger partial charge on any atom is -0.338 e. The molecule has 3 rings (SSSR count). The van der Waals surface area contributed by atoms with E-state index in [-0.39, 0.29) is 10.7 Å². The number of pyridine rings is 1. The standard InChI is InChI=1S/C17H19N3OS/c1-11(15-19-16(20-21-15)17(2,3)4)22-14-10-9-12-7-5-6-8-13(12)18-14/h5-11H,1-4H3. The van der Waals surface area contributed by atoms with Crippen LogP contribution < -0.4 is 0 Å². The molecule has 22 heavy (non-hydrogen) atoms. The van der Waals surface area contributed by atoms with Gasteiger partial charge in [0.1, 0.15) is 0 Å². The summed E-state index contributed by atoms with van der Waals surface area (Å²) in [6.07, 6.45) is 0. The molecule has 0 saturated heterocycles. The Balaban J connectivity index is 1.80. The van der Waals surface area contributed by atoms with Crippen LogP contribution in [-0.2, 0) is 5.41 Å². The summed E-state index contributed by atoms with van der Waals surface area (Å²) >= 11 is 1.63. The van der Waals surface area contributed by atoms with E-state index in [2.05, 4.69) is 55.0 Å². The monoisotopic (exact) mass is 313 g/mol. The van der Waals surface area contributed by atoms with Crippen molar-refractivity contribution in [2.24, 2.45) is 0 Å². The van der Waals surface area contributed by atoms with Gasteiger partial charge in [-0.2, -0.15) is 4.98 Å². The van der Waals surface area contributed by atoms with Gasteiger partial charge in [0.15, 0.2) is 5.82 Å². The van der Waals surface area contributed by atoms with Crippen LogP contribution in [0.5, 0.6) is 0 Å². The third kappa shape index (κ3) is 3.14. The fourth-order valence-electron chi connectivity index (χ4n) is 2.05. The maximum Gasteiger partial charge on any atom is 0.239 e. The van der Waals surface area contributed by atoms with Crippen LogP contribution in [0.3, 0.4) is 0 Å². The second-order valence-electron chi connectivity index (χ2n) is 6.31. The molecule has 0 aliphatic heterocycles. The van der Waals surface area contributed by atoms with Crippen LogP contribution in [-0.4, -0.2) is 15.1 Å². The van der Waals surface area contributed by atoms with Crippen LogP contribution in [0.25, 0.3) is 10.9 Å². The lowest BCUT2D eigenvalue weighted by Crippen LogP contribution is -2.13. The first-order chi connectivity index (χ1) is 10.4. The Morgan fingerprint density at radius 3 is 2.55 bits per heavy atom. The lowest BCUT2D eigenvalue weighted by atomic mass is 9.96. The molecule has 0 aliphatic rings. The Hall–Kier alpha value is -1.88. The molecule has 0 N–H and O–H groups in total. The smallest absolute Gasteiger partial charge is 0.239 e. The fourth-order valence-corrected chi connectivity index (χ4v) is 2.91. The van der Waals surface area contributed by atoms with Crippen molar-refractivity contribution in [1.29, 1.82) is 0 Å². The molecule has 3 aromatic rings. The zero-order chi connectivity index (χ0) is 15.7. The van der Waals surface area contributed by atoms with Crippen molar-refractivity contribution >= 4 is 22.7 Å². The van der Waals surface area contributed by atoms with E-state index < -0.39 is 0 Å². The van der Waals surface area contributed by atoms with Gasteiger partial charge >= 0.3 is 0 Å². The van der Waals surface area contributed by atoms with Gasteiger partial charge in [-0.25, -0.2) is 4.98 Å². The van der Waals surface area contributed by atoms with Gasteiger partial charge < -0.3 is 4.52 Å². The quantitative estimate of drug-likeness (QED) is 0.652. The van der Waals surface area contributed by atoms with Crippen molar-refractivity contribution < 1.29 is 4.52 Å². The Morgan fingerprint density at radius 2 is 1.82 bits per heavy atom. The van der Waals surface area contributed by atoms with E-state index in [0.717, 1.165) is 21.8 Å². The lowest BCUT2D eigenvalue weighted by molar-refractivity contribution is 0.364. The van der Waals surface area contributed by atoms with Crippen LogP contribution in [0, 0.1) is 0 Å². The molecule has 1 aromatic carbocycles. The van der Waals surface area contributed by atoms with Gasteiger partial charge in [-0.15, -0.1) is 0 Å². The molecular formula is C17H19N3OS. The maximum atomic E-state index is 5.40. The van der Waals surface area contributed by atoms with Crippen molar-refractivity contribution in [3.05, 3.63) is 48.1 Å². The SMILES string of the molecule is CC(Sc1ccc2ccccc2n1)c1nc(C(C)(C)C)no1. The normalized spacial score (nSPS) is 13.5. The molecule has 0 saturated carbocycles. The minimum absolute atomic E-state index is 0.0669. The van der Waals surface area contributed by atoms with Crippen LogP contribution in [0.4, 0.5) is 0 Å². The first-order valence-electron chi connectivity index (χ1n) is 7.30. The third-order valence-electron chi connectivity index (χ3n) is 3.33. The summed E-state index contributed by atoms with van der Waals surface area (Å²) in [5, 5.41) is 6.25. The van der Waals surface area contributed by atoms with Gasteiger partial charge in [-0.3, -0.25) is 0 Å². The highest BCUT2D eigenvalue weighted by atomic mass is 32.2. The molecule has 0 aliphatic carbocycles. The summed E-state index contributed by atoms with van der Waals surface area (Å²) in [6.45, 7) is 8.28. The molecule has 0 spiro atoms. The van der Waals surface area contributed by atoms with E-state index >= 15 is 0 Å². The molecule has 0 fully saturated rings. The first-order valence-corrected chi connectivity index (χ1v) is 8.18. The predicted octanol–water partition coefficient (Wildman–Crippen LogP) is 4.77. The predicted molar refractivity (Wildman–Crippen MR) is 89.0 cm³/mol. The summed E-state index contributed by atoms with van der Waals surface area (Å²) in [7, 11) is 0. The highest BCUT2D eigenvalue weighted by molar-refractivity contribution is 7.99. The van der Waals surface area contributed by atoms with Gasteiger partial charge in [-0.1, -0.05) is 62.0 Å². The molecule has 0 amide bonds. The molecule has 5 heteroatoms. The number of fused-ring (bicyclic) bond motifs is 1. The number of benzene rings is 1. The molecule has 0 radical (unpaired) electrons. The molecule has 114 valence electrons. The van der Waals surface area contributed by atoms with Gasteiger partial charge in [-0.05, 0) is 19.1 Å². The van der Waals surface area contributed by atoms with Crippen molar-refractivity contribution in [3.63, 3.8) is 0 Å². The second kappa shape index (κ2) is 5.72. The second-order valence-corrected chi connectivity index (χ2v) is 7.67. The molecule has 0 bridgehead atoms.